The Morgan fingerprint density at radius 2 is 1.85 bits per heavy atom. The molecule has 2 saturated heterocycles. The minimum Gasteiger partial charge on any atom is -0.341 e. The number of pyridine rings is 1. The number of carbonyl (C=O) groups is 2. The maximum atomic E-state index is 13.5. The number of halogens is 2. The third-order valence-corrected chi connectivity index (χ3v) is 7.48. The molecule has 2 aliphatic heterocycles. The number of nitrogens with zero attached hydrogens (tertiary/aromatic N) is 4. The van der Waals surface area contributed by atoms with Crippen molar-refractivity contribution in [3.8, 4) is 0 Å². The Morgan fingerprint density at radius 1 is 1.12 bits per heavy atom. The van der Waals surface area contributed by atoms with Crippen LogP contribution < -0.4 is 0 Å². The molecule has 1 atom stereocenters. The average molecular weight is 503 g/mol. The van der Waals surface area contributed by atoms with E-state index in [0.29, 0.717) is 41.5 Å². The summed E-state index contributed by atoms with van der Waals surface area (Å²) in [6.07, 6.45) is 6.11. The van der Waals surface area contributed by atoms with Crippen molar-refractivity contribution < 1.29 is 9.59 Å². The number of hydrogen-bond acceptors (Lipinski definition) is 4. The highest BCUT2D eigenvalue weighted by molar-refractivity contribution is 6.30. The molecule has 2 amide bonds. The van der Waals surface area contributed by atoms with E-state index in [0.717, 1.165) is 56.6 Å². The molecule has 0 aliphatic carbocycles. The number of hydrogen-bond donors (Lipinski definition) is 0. The summed E-state index contributed by atoms with van der Waals surface area (Å²) in [6, 6.07) is 11.6. The van der Waals surface area contributed by atoms with Gasteiger partial charge < -0.3 is 14.7 Å². The Labute approximate surface area is 211 Å². The van der Waals surface area contributed by atoms with E-state index in [1.807, 2.05) is 37.4 Å². The zero-order chi connectivity index (χ0) is 24.1. The first-order chi connectivity index (χ1) is 16.4. The molecule has 0 N–H and O–H groups in total. The third kappa shape index (κ3) is 6.29. The summed E-state index contributed by atoms with van der Waals surface area (Å²) in [4.78, 5) is 36.1. The van der Waals surface area contributed by atoms with E-state index in [1.54, 1.807) is 17.2 Å². The molecule has 1 aromatic heterocycles. The van der Waals surface area contributed by atoms with E-state index in [1.165, 1.54) is 0 Å². The van der Waals surface area contributed by atoms with E-state index in [-0.39, 0.29) is 11.8 Å². The highest BCUT2D eigenvalue weighted by atomic mass is 35.5. The van der Waals surface area contributed by atoms with Gasteiger partial charge in [0.05, 0.1) is 5.92 Å². The average Bonchev–Trinajstić information content (AvgIpc) is 3.27. The molecule has 4 rings (SSSR count). The lowest BCUT2D eigenvalue weighted by molar-refractivity contribution is -0.133. The molecule has 34 heavy (non-hydrogen) atoms. The number of likely N-dealkylation sites (N-methyl/N-ethyl adjacent to an activating group) is 1. The summed E-state index contributed by atoms with van der Waals surface area (Å²) >= 11 is 12.0. The van der Waals surface area contributed by atoms with Crippen LogP contribution in [0.3, 0.4) is 0 Å². The first kappa shape index (κ1) is 25.0. The van der Waals surface area contributed by atoms with Gasteiger partial charge in [-0.15, -0.1) is 0 Å². The summed E-state index contributed by atoms with van der Waals surface area (Å²) in [5.41, 5.74) is 1.92. The first-order valence-corrected chi connectivity index (χ1v) is 12.8. The van der Waals surface area contributed by atoms with E-state index in [2.05, 4.69) is 14.8 Å². The molecule has 8 heteroatoms. The van der Waals surface area contributed by atoms with Gasteiger partial charge in [-0.2, -0.15) is 0 Å². The van der Waals surface area contributed by atoms with Crippen molar-refractivity contribution in [2.45, 2.75) is 50.6 Å². The van der Waals surface area contributed by atoms with Gasteiger partial charge in [0.15, 0.2) is 0 Å². The van der Waals surface area contributed by atoms with Gasteiger partial charge in [-0.1, -0.05) is 41.4 Å². The lowest BCUT2D eigenvalue weighted by Gasteiger charge is -2.37. The molecule has 3 heterocycles. The Morgan fingerprint density at radius 3 is 2.47 bits per heavy atom. The molecule has 6 nitrogen and oxygen atoms in total. The number of piperidine rings is 1. The highest BCUT2D eigenvalue weighted by Crippen LogP contribution is 2.26. The van der Waals surface area contributed by atoms with Crippen LogP contribution in [0, 0.1) is 0 Å². The zero-order valence-electron chi connectivity index (χ0n) is 19.6. The van der Waals surface area contributed by atoms with Crippen LogP contribution in [0.1, 0.15) is 49.1 Å². The van der Waals surface area contributed by atoms with Gasteiger partial charge in [-0.05, 0) is 61.6 Å². The van der Waals surface area contributed by atoms with Gasteiger partial charge in [0.25, 0.3) is 0 Å². The second-order valence-corrected chi connectivity index (χ2v) is 10.2. The van der Waals surface area contributed by atoms with Crippen LogP contribution in [-0.4, -0.2) is 70.8 Å². The van der Waals surface area contributed by atoms with Crippen molar-refractivity contribution in [3.05, 3.63) is 63.9 Å². The quantitative estimate of drug-likeness (QED) is 0.494. The molecule has 1 aromatic carbocycles. The van der Waals surface area contributed by atoms with E-state index in [9.17, 15) is 9.59 Å². The summed E-state index contributed by atoms with van der Waals surface area (Å²) < 4.78 is 0. The van der Waals surface area contributed by atoms with Gasteiger partial charge >= 0.3 is 0 Å². The van der Waals surface area contributed by atoms with Gasteiger partial charge in [-0.25, -0.2) is 4.98 Å². The van der Waals surface area contributed by atoms with Crippen molar-refractivity contribution in [1.29, 1.82) is 0 Å². The lowest BCUT2D eigenvalue weighted by Crippen LogP contribution is -2.46. The maximum Gasteiger partial charge on any atom is 0.230 e. The molecule has 0 bridgehead atoms. The fraction of sp³-hybridized carbons (Fsp3) is 0.500. The summed E-state index contributed by atoms with van der Waals surface area (Å²) in [5, 5.41) is 1.10. The number of carbonyl (C=O) groups excluding carboxylic acids is 2. The minimum absolute atomic E-state index is 0.0663. The van der Waals surface area contributed by atoms with E-state index < -0.39 is 0 Å². The van der Waals surface area contributed by atoms with Gasteiger partial charge in [0, 0.05) is 56.9 Å². The molecule has 0 radical (unpaired) electrons. The second kappa shape index (κ2) is 11.5. The van der Waals surface area contributed by atoms with Crippen LogP contribution in [0.5, 0.6) is 0 Å². The van der Waals surface area contributed by atoms with Gasteiger partial charge in [0.2, 0.25) is 11.8 Å². The van der Waals surface area contributed by atoms with Gasteiger partial charge in [0.1, 0.15) is 5.15 Å². The Hall–Kier alpha value is -2.15. The Bertz CT molecular complexity index is 975. The normalized spacial score (nSPS) is 18.3. The Balaban J connectivity index is 1.38. The topological polar surface area (TPSA) is 56.8 Å². The van der Waals surface area contributed by atoms with E-state index >= 15 is 0 Å². The standard InChI is InChI=1S/C26H32Cl2N4O2/c1-30(18-19-4-7-21(27)8-5-19)26(34)23(20-6-9-24(28)29-17-20)12-16-31-14-10-22(11-15-31)32-13-2-3-25(32)33/h4-9,17,22-23H,2-3,10-16,18H2,1H3. The van der Waals surface area contributed by atoms with Gasteiger partial charge in [-0.3, -0.25) is 9.59 Å². The predicted octanol–water partition coefficient (Wildman–Crippen LogP) is 4.61. The van der Waals surface area contributed by atoms with Crippen LogP contribution in [0.25, 0.3) is 0 Å². The second-order valence-electron chi connectivity index (χ2n) is 9.34. The lowest BCUT2D eigenvalue weighted by atomic mass is 9.94. The number of benzene rings is 1. The van der Waals surface area contributed by atoms with Crippen molar-refractivity contribution >= 4 is 35.0 Å². The minimum atomic E-state index is -0.292. The van der Waals surface area contributed by atoms with Crippen LogP contribution in [0.2, 0.25) is 10.2 Å². The van der Waals surface area contributed by atoms with Crippen molar-refractivity contribution in [2.75, 3.05) is 33.2 Å². The molecule has 0 saturated carbocycles. The fourth-order valence-electron chi connectivity index (χ4n) is 5.06. The SMILES string of the molecule is CN(Cc1ccc(Cl)cc1)C(=O)C(CCN1CCC(N2CCCC2=O)CC1)c1ccc(Cl)nc1. The maximum absolute atomic E-state index is 13.5. The van der Waals surface area contributed by atoms with Crippen LogP contribution >= 0.6 is 23.2 Å². The number of aromatic nitrogens is 1. The monoisotopic (exact) mass is 502 g/mol. The summed E-state index contributed by atoms with van der Waals surface area (Å²) in [5.74, 6) is 0.0830. The number of amides is 2. The zero-order valence-corrected chi connectivity index (χ0v) is 21.1. The first-order valence-electron chi connectivity index (χ1n) is 12.0. The molecule has 2 fully saturated rings. The molecular weight excluding hydrogens is 471 g/mol. The summed E-state index contributed by atoms with van der Waals surface area (Å²) in [7, 11) is 1.84. The highest BCUT2D eigenvalue weighted by Gasteiger charge is 2.31. The van der Waals surface area contributed by atoms with Crippen molar-refractivity contribution in [1.82, 2.24) is 19.7 Å². The van der Waals surface area contributed by atoms with Crippen LogP contribution in [-0.2, 0) is 16.1 Å². The molecule has 2 aromatic rings. The van der Waals surface area contributed by atoms with E-state index in [4.69, 9.17) is 23.2 Å². The molecule has 1 unspecified atom stereocenters. The van der Waals surface area contributed by atoms with Crippen LogP contribution in [0.15, 0.2) is 42.6 Å². The summed E-state index contributed by atoms with van der Waals surface area (Å²) in [6.45, 7) is 4.16. The Kier molecular flexibility index (Phi) is 8.46. The smallest absolute Gasteiger partial charge is 0.230 e. The number of rotatable bonds is 8. The third-order valence-electron chi connectivity index (χ3n) is 7.00. The van der Waals surface area contributed by atoms with Crippen LogP contribution in [0.4, 0.5) is 0 Å². The fourth-order valence-corrected chi connectivity index (χ4v) is 5.29. The molecule has 0 spiro atoms. The molecule has 2 aliphatic rings. The molecular formula is C26H32Cl2N4O2. The number of likely N-dealkylation sites (tertiary alicyclic amines) is 2. The van der Waals surface area contributed by atoms with Crippen molar-refractivity contribution in [3.63, 3.8) is 0 Å². The molecule has 182 valence electrons. The largest absolute Gasteiger partial charge is 0.341 e. The predicted molar refractivity (Wildman–Crippen MR) is 135 cm³/mol. The van der Waals surface area contributed by atoms with Crippen molar-refractivity contribution in [2.24, 2.45) is 0 Å².